The topological polar surface area (TPSA) is 38.9 Å². The van der Waals surface area contributed by atoms with Gasteiger partial charge in [-0.05, 0) is 48.1 Å². The van der Waals surface area contributed by atoms with Crippen molar-refractivity contribution in [2.45, 2.75) is 59.4 Å². The molecule has 0 radical (unpaired) electrons. The van der Waals surface area contributed by atoms with Crippen molar-refractivity contribution in [3.05, 3.63) is 29.6 Å². The predicted octanol–water partition coefficient (Wildman–Crippen LogP) is 3.78. The number of nitrogens with zero attached hydrogens (tertiary/aromatic N) is 1. The number of pyridine rings is 1. The van der Waals surface area contributed by atoms with Crippen LogP contribution in [0.2, 0.25) is 0 Å². The summed E-state index contributed by atoms with van der Waals surface area (Å²) in [6.07, 6.45) is 7.15. The van der Waals surface area contributed by atoms with E-state index in [9.17, 15) is 0 Å². The molecule has 0 spiro atoms. The Kier molecular flexibility index (Phi) is 3.05. The Morgan fingerprint density at radius 2 is 1.56 bits per heavy atom. The van der Waals surface area contributed by atoms with Crippen LogP contribution in [0.5, 0.6) is 0 Å². The zero-order chi connectivity index (χ0) is 13.6. The van der Waals surface area contributed by atoms with E-state index in [2.05, 4.69) is 45.7 Å². The van der Waals surface area contributed by atoms with Gasteiger partial charge in [0, 0.05) is 17.9 Å². The van der Waals surface area contributed by atoms with E-state index < -0.39 is 0 Å². The van der Waals surface area contributed by atoms with Gasteiger partial charge in [-0.2, -0.15) is 0 Å². The smallest absolute Gasteiger partial charge is 0.0435 e. The van der Waals surface area contributed by atoms with Gasteiger partial charge in [0.2, 0.25) is 0 Å². The second kappa shape index (κ2) is 4.06. The molecule has 0 amide bonds. The maximum Gasteiger partial charge on any atom is 0.0435 e. The van der Waals surface area contributed by atoms with Crippen LogP contribution in [0.1, 0.15) is 58.1 Å². The molecule has 1 fully saturated rings. The third-order valence-corrected chi connectivity index (χ3v) is 3.99. The molecule has 2 nitrogen and oxygen atoms in total. The Bertz CT molecular complexity index is 430. The number of hydrogen-bond donors (Lipinski definition) is 1. The van der Waals surface area contributed by atoms with E-state index in [1.54, 1.807) is 0 Å². The van der Waals surface area contributed by atoms with E-state index in [1.165, 1.54) is 17.5 Å². The van der Waals surface area contributed by atoms with Gasteiger partial charge < -0.3 is 5.73 Å². The summed E-state index contributed by atoms with van der Waals surface area (Å²) in [4.78, 5) is 4.32. The van der Waals surface area contributed by atoms with Crippen molar-refractivity contribution >= 4 is 0 Å². The van der Waals surface area contributed by atoms with Crippen LogP contribution in [0.25, 0.3) is 0 Å². The second-order valence-electron chi connectivity index (χ2n) is 7.77. The Morgan fingerprint density at radius 3 is 2.06 bits per heavy atom. The van der Waals surface area contributed by atoms with E-state index in [0.717, 1.165) is 12.8 Å². The minimum Gasteiger partial charge on any atom is -0.321 e. The molecule has 1 heterocycles. The normalized spacial score (nSPS) is 24.8. The fourth-order valence-corrected chi connectivity index (χ4v) is 4.22. The monoisotopic (exact) mass is 246 g/mol. The number of nitrogens with two attached hydrogens (primary N) is 1. The lowest BCUT2D eigenvalue weighted by Crippen LogP contribution is -2.49. The first-order chi connectivity index (χ1) is 8.12. The molecule has 1 aliphatic rings. The van der Waals surface area contributed by atoms with E-state index in [-0.39, 0.29) is 5.54 Å². The Hall–Kier alpha value is -0.890. The molecule has 0 unspecified atom stereocenters. The van der Waals surface area contributed by atoms with Crippen LogP contribution in [-0.2, 0) is 5.54 Å². The van der Waals surface area contributed by atoms with Crippen LogP contribution in [0.15, 0.2) is 18.5 Å². The van der Waals surface area contributed by atoms with E-state index >= 15 is 0 Å². The van der Waals surface area contributed by atoms with E-state index in [1.807, 2.05) is 12.4 Å². The lowest BCUT2D eigenvalue weighted by molar-refractivity contribution is 0.0469. The van der Waals surface area contributed by atoms with Crippen LogP contribution in [-0.4, -0.2) is 4.98 Å². The number of aryl methyl sites for hydroxylation is 1. The summed E-state index contributed by atoms with van der Waals surface area (Å²) in [5.41, 5.74) is 9.50. The zero-order valence-corrected chi connectivity index (χ0v) is 12.4. The van der Waals surface area contributed by atoms with Crippen molar-refractivity contribution in [3.8, 4) is 0 Å². The second-order valence-corrected chi connectivity index (χ2v) is 7.77. The predicted molar refractivity (Wildman–Crippen MR) is 76.3 cm³/mol. The number of rotatable bonds is 1. The van der Waals surface area contributed by atoms with Crippen LogP contribution in [0, 0.1) is 17.8 Å². The SMILES string of the molecule is Cc1cncc(C2(N)CC(C)(C)CC(C)(C)C2)c1. The summed E-state index contributed by atoms with van der Waals surface area (Å²) >= 11 is 0. The number of hydrogen-bond acceptors (Lipinski definition) is 2. The molecule has 100 valence electrons. The molecule has 0 saturated heterocycles. The molecular formula is C16H26N2. The highest BCUT2D eigenvalue weighted by atomic mass is 14.8. The molecule has 2 heteroatoms. The van der Waals surface area contributed by atoms with E-state index in [4.69, 9.17) is 5.73 Å². The van der Waals surface area contributed by atoms with Crippen molar-refractivity contribution in [2.24, 2.45) is 16.6 Å². The Labute approximate surface area is 111 Å². The first-order valence-electron chi connectivity index (χ1n) is 6.83. The molecule has 1 aromatic heterocycles. The van der Waals surface area contributed by atoms with Gasteiger partial charge in [0.1, 0.15) is 0 Å². The highest BCUT2D eigenvalue weighted by Gasteiger charge is 2.46. The molecule has 18 heavy (non-hydrogen) atoms. The summed E-state index contributed by atoms with van der Waals surface area (Å²) in [7, 11) is 0. The number of aromatic nitrogens is 1. The lowest BCUT2D eigenvalue weighted by Gasteiger charge is -2.50. The van der Waals surface area contributed by atoms with Gasteiger partial charge in [-0.3, -0.25) is 4.98 Å². The maximum absolute atomic E-state index is 6.76. The van der Waals surface area contributed by atoms with Crippen LogP contribution >= 0.6 is 0 Å². The average Bonchev–Trinajstić information content (AvgIpc) is 2.11. The van der Waals surface area contributed by atoms with E-state index in [0.29, 0.717) is 10.8 Å². The average molecular weight is 246 g/mol. The molecule has 2 rings (SSSR count). The third kappa shape index (κ3) is 2.74. The Balaban J connectivity index is 2.41. The molecule has 1 saturated carbocycles. The van der Waals surface area contributed by atoms with Gasteiger partial charge in [0.15, 0.2) is 0 Å². The third-order valence-electron chi connectivity index (χ3n) is 3.99. The van der Waals surface area contributed by atoms with Crippen molar-refractivity contribution in [3.63, 3.8) is 0 Å². The first kappa shape index (κ1) is 13.5. The minimum atomic E-state index is -0.232. The standard InChI is InChI=1S/C16H26N2/c1-12-6-13(8-18-7-12)16(17)10-14(2,3)9-15(4,5)11-16/h6-8H,9-11,17H2,1-5H3. The summed E-state index contributed by atoms with van der Waals surface area (Å²) in [5, 5.41) is 0. The van der Waals surface area contributed by atoms with Gasteiger partial charge in [-0.15, -0.1) is 0 Å². The van der Waals surface area contributed by atoms with Crippen LogP contribution in [0.3, 0.4) is 0 Å². The Morgan fingerprint density at radius 1 is 1.00 bits per heavy atom. The molecule has 1 aliphatic carbocycles. The molecule has 0 atom stereocenters. The summed E-state index contributed by atoms with van der Waals surface area (Å²) in [6.45, 7) is 11.4. The first-order valence-corrected chi connectivity index (χ1v) is 6.83. The minimum absolute atomic E-state index is 0.232. The van der Waals surface area contributed by atoms with Gasteiger partial charge in [-0.25, -0.2) is 0 Å². The van der Waals surface area contributed by atoms with Crippen molar-refractivity contribution in [1.29, 1.82) is 0 Å². The van der Waals surface area contributed by atoms with Crippen LogP contribution in [0.4, 0.5) is 0 Å². The molecule has 0 aliphatic heterocycles. The molecule has 0 bridgehead atoms. The highest BCUT2D eigenvalue weighted by molar-refractivity contribution is 5.26. The summed E-state index contributed by atoms with van der Waals surface area (Å²) in [5.74, 6) is 0. The van der Waals surface area contributed by atoms with Gasteiger partial charge in [0.25, 0.3) is 0 Å². The van der Waals surface area contributed by atoms with Crippen molar-refractivity contribution in [1.82, 2.24) is 4.98 Å². The van der Waals surface area contributed by atoms with Crippen molar-refractivity contribution in [2.75, 3.05) is 0 Å². The van der Waals surface area contributed by atoms with Gasteiger partial charge in [-0.1, -0.05) is 33.8 Å². The van der Waals surface area contributed by atoms with Gasteiger partial charge >= 0.3 is 0 Å². The molecule has 1 aromatic rings. The lowest BCUT2D eigenvalue weighted by atomic mass is 9.57. The quantitative estimate of drug-likeness (QED) is 0.819. The summed E-state index contributed by atoms with van der Waals surface area (Å²) < 4.78 is 0. The van der Waals surface area contributed by atoms with Crippen LogP contribution < -0.4 is 5.73 Å². The fourth-order valence-electron chi connectivity index (χ4n) is 4.22. The summed E-state index contributed by atoms with van der Waals surface area (Å²) in [6, 6.07) is 2.20. The molecule has 0 aromatic carbocycles. The van der Waals surface area contributed by atoms with Gasteiger partial charge in [0.05, 0.1) is 0 Å². The molecular weight excluding hydrogens is 220 g/mol. The highest BCUT2D eigenvalue weighted by Crippen LogP contribution is 2.52. The zero-order valence-electron chi connectivity index (χ0n) is 12.4. The maximum atomic E-state index is 6.76. The van der Waals surface area contributed by atoms with Crippen molar-refractivity contribution < 1.29 is 0 Å². The largest absolute Gasteiger partial charge is 0.321 e. The molecule has 2 N–H and O–H groups in total. The fraction of sp³-hybridized carbons (Fsp3) is 0.688.